The molecule has 0 aliphatic heterocycles. The largest absolute Gasteiger partial charge is 0.426 e. The molecule has 0 bridgehead atoms. The summed E-state index contributed by atoms with van der Waals surface area (Å²) in [5, 5.41) is 11.1. The average Bonchev–Trinajstić information content (AvgIpc) is 3.15. The van der Waals surface area contributed by atoms with Crippen LogP contribution in [0.4, 0.5) is 11.4 Å². The van der Waals surface area contributed by atoms with Crippen LogP contribution in [0, 0.1) is 0 Å². The van der Waals surface area contributed by atoms with Crippen LogP contribution in [0.2, 0.25) is 0 Å². The zero-order chi connectivity index (χ0) is 39.3. The molecule has 0 aliphatic carbocycles. The van der Waals surface area contributed by atoms with Crippen LogP contribution in [0.5, 0.6) is 5.75 Å². The Morgan fingerprint density at radius 1 is 0.792 bits per heavy atom. The molecule has 284 valence electrons. The van der Waals surface area contributed by atoms with Crippen molar-refractivity contribution in [2.24, 2.45) is 21.7 Å². The summed E-state index contributed by atoms with van der Waals surface area (Å²) in [6, 6.07) is 10.6. The number of nitrogens with zero attached hydrogens (tertiary/aromatic N) is 2. The minimum absolute atomic E-state index is 0.00945. The first kappa shape index (κ1) is 45.5. The van der Waals surface area contributed by atoms with Crippen LogP contribution in [0.3, 0.4) is 0 Å². The number of unbranched alkanes of at least 4 members (excludes halogenated alkanes) is 1. The van der Waals surface area contributed by atoms with Crippen molar-refractivity contribution in [2.45, 2.75) is 97.9 Å². The Labute approximate surface area is 315 Å². The van der Waals surface area contributed by atoms with E-state index in [-0.39, 0.29) is 36.4 Å². The van der Waals surface area contributed by atoms with Gasteiger partial charge in [0.2, 0.25) is 11.8 Å². The van der Waals surface area contributed by atoms with Gasteiger partial charge >= 0.3 is 5.97 Å². The highest BCUT2D eigenvalue weighted by atomic mass is 16.5. The first-order valence-corrected chi connectivity index (χ1v) is 18.3. The summed E-state index contributed by atoms with van der Waals surface area (Å²) in [5.74, 6) is -1.50. The fourth-order valence-electron chi connectivity index (χ4n) is 4.44. The third kappa shape index (κ3) is 20.8. The number of rotatable bonds is 23. The molecule has 2 amide bonds. The molecule has 0 fully saturated rings. The lowest BCUT2D eigenvalue weighted by Crippen LogP contribution is -2.40. The predicted molar refractivity (Wildman–Crippen MR) is 216 cm³/mol. The van der Waals surface area contributed by atoms with Gasteiger partial charge in [0.15, 0.2) is 5.78 Å². The molecular weight excluding hydrogens is 667 g/mol. The van der Waals surface area contributed by atoms with Crippen LogP contribution in [0.15, 0.2) is 120 Å². The van der Waals surface area contributed by atoms with E-state index in [1.807, 2.05) is 13.8 Å². The highest BCUT2D eigenvalue weighted by molar-refractivity contribution is 5.98. The number of amides is 2. The van der Waals surface area contributed by atoms with E-state index >= 15 is 0 Å². The van der Waals surface area contributed by atoms with E-state index in [2.05, 4.69) is 89.8 Å². The molecule has 1 atom stereocenters. The maximum absolute atomic E-state index is 12.5. The molecule has 10 heteroatoms. The van der Waals surface area contributed by atoms with Gasteiger partial charge in [0.05, 0.1) is 23.0 Å². The second-order valence-electron chi connectivity index (χ2n) is 11.6. The lowest BCUT2D eigenvalue weighted by atomic mass is 10.1. The van der Waals surface area contributed by atoms with Crippen molar-refractivity contribution >= 4 is 40.6 Å². The first-order chi connectivity index (χ1) is 25.6. The van der Waals surface area contributed by atoms with Gasteiger partial charge in [0.25, 0.3) is 0 Å². The SMILES string of the molecule is C=C(NC(=O)C(N)CCC(N)=O)c1ccc(N=Nc2ccc(OC(=O)CCC/C=C\C/C=C\C/C=C\C/C=C\C/C=C\CC)c(C(C)=O)c2)cc1.CC. The number of allylic oxidation sites excluding steroid dienone is 10. The molecule has 2 rings (SSSR count). The second kappa shape index (κ2) is 28.1. The van der Waals surface area contributed by atoms with E-state index < -0.39 is 23.8 Å². The number of hydrogen-bond acceptors (Lipinski definition) is 8. The summed E-state index contributed by atoms with van der Waals surface area (Å²) in [4.78, 5) is 48.0. The molecule has 0 aliphatic rings. The highest BCUT2D eigenvalue weighted by Gasteiger charge is 2.16. The van der Waals surface area contributed by atoms with Crippen LogP contribution < -0.4 is 21.5 Å². The number of nitrogens with one attached hydrogen (secondary N) is 1. The van der Waals surface area contributed by atoms with Crippen LogP contribution >= 0.6 is 0 Å². The molecule has 0 aromatic heterocycles. The maximum atomic E-state index is 12.5. The zero-order valence-corrected chi connectivity index (χ0v) is 31.8. The second-order valence-corrected chi connectivity index (χ2v) is 11.6. The Morgan fingerprint density at radius 3 is 1.87 bits per heavy atom. The van der Waals surface area contributed by atoms with Crippen molar-refractivity contribution < 1.29 is 23.9 Å². The molecule has 1 unspecified atom stereocenters. The first-order valence-electron chi connectivity index (χ1n) is 18.3. The van der Waals surface area contributed by atoms with E-state index in [9.17, 15) is 19.2 Å². The third-order valence-electron chi connectivity index (χ3n) is 7.28. The molecule has 10 nitrogen and oxygen atoms in total. The number of benzene rings is 2. The number of Topliss-reactive ketones (excluding diaryl/α,β-unsaturated/α-hetero) is 1. The summed E-state index contributed by atoms with van der Waals surface area (Å²) < 4.78 is 5.51. The molecule has 5 N–H and O–H groups in total. The molecule has 2 aromatic rings. The smallest absolute Gasteiger partial charge is 0.311 e. The van der Waals surface area contributed by atoms with Gasteiger partial charge in [-0.25, -0.2) is 0 Å². The van der Waals surface area contributed by atoms with E-state index in [0.717, 1.165) is 38.5 Å². The van der Waals surface area contributed by atoms with Crippen molar-refractivity contribution in [3.05, 3.63) is 121 Å². The van der Waals surface area contributed by atoms with E-state index in [1.54, 1.807) is 30.3 Å². The zero-order valence-electron chi connectivity index (χ0n) is 31.8. The quantitative estimate of drug-likeness (QED) is 0.0258. The molecule has 0 radical (unpaired) electrons. The van der Waals surface area contributed by atoms with Crippen LogP contribution in [-0.2, 0) is 14.4 Å². The van der Waals surface area contributed by atoms with Crippen LogP contribution in [0.25, 0.3) is 5.70 Å². The molecule has 0 saturated carbocycles. The maximum Gasteiger partial charge on any atom is 0.311 e. The van der Waals surface area contributed by atoms with Gasteiger partial charge < -0.3 is 21.5 Å². The van der Waals surface area contributed by atoms with Crippen molar-refractivity contribution in [1.82, 2.24) is 5.32 Å². The van der Waals surface area contributed by atoms with E-state index in [0.29, 0.717) is 29.1 Å². The molecule has 2 aromatic carbocycles. The number of hydrogen-bond donors (Lipinski definition) is 3. The lowest BCUT2D eigenvalue weighted by Gasteiger charge is -2.13. The number of ether oxygens (including phenoxy) is 1. The highest BCUT2D eigenvalue weighted by Crippen LogP contribution is 2.27. The summed E-state index contributed by atoms with van der Waals surface area (Å²) in [6.07, 6.45) is 28.0. The van der Waals surface area contributed by atoms with Gasteiger partial charge in [0, 0.05) is 18.5 Å². The van der Waals surface area contributed by atoms with E-state index in [4.69, 9.17) is 16.2 Å². The molecule has 0 spiro atoms. The van der Waals surface area contributed by atoms with Gasteiger partial charge in [-0.05, 0) is 94.2 Å². The molecular formula is C43H57N5O5. The Kier molecular flexibility index (Phi) is 24.2. The summed E-state index contributed by atoms with van der Waals surface area (Å²) in [7, 11) is 0. The number of carbonyl (C=O) groups is 4. The Bertz CT molecular complexity index is 1630. The molecule has 0 heterocycles. The number of primary amides is 1. The Hall–Kier alpha value is -5.48. The van der Waals surface area contributed by atoms with Gasteiger partial charge in [-0.1, -0.05) is 100 Å². The minimum atomic E-state index is -0.891. The number of nitrogens with two attached hydrogens (primary N) is 2. The number of ketones is 1. The molecule has 53 heavy (non-hydrogen) atoms. The van der Waals surface area contributed by atoms with Crippen molar-refractivity contribution in [1.29, 1.82) is 0 Å². The van der Waals surface area contributed by atoms with Crippen molar-refractivity contribution in [2.75, 3.05) is 0 Å². The standard InChI is InChI=1S/C41H51N5O5.C2H6/c1-4-5-6-7-8-9-10-11-12-13-14-15-16-17-18-19-20-21-40(49)51-38-28-26-35(30-36(38)32(3)47)46-45-34-24-22-33(23-25-34)31(2)44-41(50)37(42)27-29-39(43)48;1-2/h5-6,8-9,11-12,14-15,17-18,22-26,28,30,37H,2,4,7,10,13,16,19-21,27,29,42H2,1,3H3,(H2,43,48)(H,44,50);1-2H3/b6-5-,9-8-,12-11-,15-14-,18-17-,46-45?;. The van der Waals surface area contributed by atoms with Gasteiger partial charge in [-0.3, -0.25) is 19.2 Å². The lowest BCUT2D eigenvalue weighted by molar-refractivity contribution is -0.134. The van der Waals surface area contributed by atoms with E-state index in [1.165, 1.54) is 19.1 Å². The minimum Gasteiger partial charge on any atom is -0.426 e. The summed E-state index contributed by atoms with van der Waals surface area (Å²) in [5.41, 5.74) is 13.0. The topological polar surface area (TPSA) is 166 Å². The Balaban J connectivity index is 0.00000690. The van der Waals surface area contributed by atoms with Crippen LogP contribution in [0.1, 0.15) is 108 Å². The average molecular weight is 724 g/mol. The van der Waals surface area contributed by atoms with Gasteiger partial charge in [-0.15, -0.1) is 0 Å². The predicted octanol–water partition coefficient (Wildman–Crippen LogP) is 9.84. The van der Waals surface area contributed by atoms with Gasteiger partial charge in [-0.2, -0.15) is 10.2 Å². The number of esters is 1. The summed E-state index contributed by atoms with van der Waals surface area (Å²) in [6.45, 7) is 11.4. The Morgan fingerprint density at radius 2 is 1.32 bits per heavy atom. The summed E-state index contributed by atoms with van der Waals surface area (Å²) >= 11 is 0. The fraction of sp³-hybridized carbons (Fsp3) is 0.349. The van der Waals surface area contributed by atoms with Crippen LogP contribution in [-0.4, -0.2) is 29.6 Å². The van der Waals surface area contributed by atoms with Gasteiger partial charge in [0.1, 0.15) is 5.75 Å². The fourth-order valence-corrected chi connectivity index (χ4v) is 4.44. The normalized spacial score (nSPS) is 12.2. The monoisotopic (exact) mass is 723 g/mol. The third-order valence-corrected chi connectivity index (χ3v) is 7.28. The number of azo groups is 1. The van der Waals surface area contributed by atoms with Crippen molar-refractivity contribution in [3.8, 4) is 5.75 Å². The van der Waals surface area contributed by atoms with Crippen molar-refractivity contribution in [3.63, 3.8) is 0 Å². The number of carbonyl (C=O) groups excluding carboxylic acids is 4. The molecule has 0 saturated heterocycles.